The van der Waals surface area contributed by atoms with Crippen molar-refractivity contribution in [2.75, 3.05) is 6.54 Å². The van der Waals surface area contributed by atoms with Gasteiger partial charge >= 0.3 is 6.03 Å². The van der Waals surface area contributed by atoms with Crippen molar-refractivity contribution in [3.05, 3.63) is 34.8 Å². The number of nitrogens with zero attached hydrogens (tertiary/aromatic N) is 4. The van der Waals surface area contributed by atoms with Gasteiger partial charge in [0.2, 0.25) is 5.91 Å². The third-order valence-electron chi connectivity index (χ3n) is 3.65. The molecule has 0 aromatic carbocycles. The maximum absolute atomic E-state index is 12.0. The molecule has 4 rings (SSSR count). The molecule has 1 fully saturated rings. The molecule has 3 aromatic heterocycles. The Labute approximate surface area is 140 Å². The minimum Gasteiger partial charge on any atom is -0.347 e. The van der Waals surface area contributed by atoms with Crippen LogP contribution >= 0.6 is 11.3 Å². The Hall–Kier alpha value is -3.01. The van der Waals surface area contributed by atoms with E-state index in [-0.39, 0.29) is 25.0 Å². The number of hydrogen-bond acceptors (Lipinski definition) is 6. The van der Waals surface area contributed by atoms with E-state index in [1.54, 1.807) is 15.9 Å². The molecule has 1 aliphatic rings. The van der Waals surface area contributed by atoms with Crippen LogP contribution in [0.2, 0.25) is 0 Å². The third kappa shape index (κ3) is 2.67. The first-order chi connectivity index (χ1) is 11.7. The number of carbonyl (C=O) groups excluding carboxylic acids is 2. The predicted octanol–water partition coefficient (Wildman–Crippen LogP) is 0.150. The van der Waals surface area contributed by atoms with E-state index in [1.807, 2.05) is 29.0 Å². The van der Waals surface area contributed by atoms with Crippen LogP contribution in [-0.4, -0.2) is 44.3 Å². The number of carbonyl (C=O) groups is 2. The van der Waals surface area contributed by atoms with Crippen LogP contribution in [0.25, 0.3) is 16.9 Å². The Morgan fingerprint density at radius 2 is 2.29 bits per heavy atom. The van der Waals surface area contributed by atoms with Gasteiger partial charge < -0.3 is 16.0 Å². The summed E-state index contributed by atoms with van der Waals surface area (Å²) in [7, 11) is 0. The van der Waals surface area contributed by atoms with Crippen LogP contribution in [0, 0.1) is 0 Å². The average Bonchev–Trinajstić information content (AvgIpc) is 3.33. The highest BCUT2D eigenvalue weighted by atomic mass is 32.1. The molecule has 3 amide bonds. The normalized spacial score (nSPS) is 16.8. The summed E-state index contributed by atoms with van der Waals surface area (Å²) in [6.07, 6.45) is 0. The fraction of sp³-hybridized carbons (Fsp3) is 0.214. The quantitative estimate of drug-likeness (QED) is 0.624. The zero-order valence-electron chi connectivity index (χ0n) is 12.4. The van der Waals surface area contributed by atoms with Gasteiger partial charge in [-0.2, -0.15) is 21.0 Å². The molecule has 3 N–H and O–H groups in total. The van der Waals surface area contributed by atoms with Gasteiger partial charge in [0.25, 0.3) is 0 Å². The van der Waals surface area contributed by atoms with E-state index in [2.05, 4.69) is 31.2 Å². The van der Waals surface area contributed by atoms with Gasteiger partial charge in [0.05, 0.1) is 12.2 Å². The van der Waals surface area contributed by atoms with E-state index in [4.69, 9.17) is 0 Å². The van der Waals surface area contributed by atoms with E-state index < -0.39 is 6.04 Å². The summed E-state index contributed by atoms with van der Waals surface area (Å²) in [5.74, 6) is 0.242. The molecule has 0 radical (unpaired) electrons. The second-order valence-electron chi connectivity index (χ2n) is 5.24. The van der Waals surface area contributed by atoms with Gasteiger partial charge in [-0.05, 0) is 23.6 Å². The maximum Gasteiger partial charge on any atom is 0.315 e. The van der Waals surface area contributed by atoms with Crippen molar-refractivity contribution in [1.82, 2.24) is 35.8 Å². The molecule has 1 atom stereocenters. The molecule has 122 valence electrons. The summed E-state index contributed by atoms with van der Waals surface area (Å²) in [6.45, 7) is 0.443. The van der Waals surface area contributed by atoms with E-state index >= 15 is 0 Å². The fourth-order valence-corrected chi connectivity index (χ4v) is 3.06. The standard InChI is InChI=1S/C14H13N7O2S/c22-13(10-5-16-14(23)17-10)15-6-12-19-18-11-2-1-9(20-21(11)12)8-3-4-24-7-8/h1-4,7,10H,5-6H2,(H,15,22)(H2,16,17,23). The molecule has 1 unspecified atom stereocenters. The summed E-state index contributed by atoms with van der Waals surface area (Å²) in [6, 6.07) is 4.78. The molecule has 0 saturated carbocycles. The molecule has 24 heavy (non-hydrogen) atoms. The first kappa shape index (κ1) is 14.6. The first-order valence-electron chi connectivity index (χ1n) is 7.27. The van der Waals surface area contributed by atoms with Crippen LogP contribution < -0.4 is 16.0 Å². The first-order valence-corrected chi connectivity index (χ1v) is 8.21. The fourth-order valence-electron chi connectivity index (χ4n) is 2.41. The highest BCUT2D eigenvalue weighted by Gasteiger charge is 2.26. The number of nitrogens with one attached hydrogen (secondary N) is 3. The van der Waals surface area contributed by atoms with Crippen molar-refractivity contribution in [2.45, 2.75) is 12.6 Å². The smallest absolute Gasteiger partial charge is 0.315 e. The topological polar surface area (TPSA) is 113 Å². The molecule has 0 aliphatic carbocycles. The monoisotopic (exact) mass is 343 g/mol. The molecule has 9 nitrogen and oxygen atoms in total. The molecule has 10 heteroatoms. The van der Waals surface area contributed by atoms with Crippen molar-refractivity contribution in [3.8, 4) is 11.3 Å². The predicted molar refractivity (Wildman–Crippen MR) is 86.3 cm³/mol. The summed E-state index contributed by atoms with van der Waals surface area (Å²) in [5, 5.41) is 24.4. The van der Waals surface area contributed by atoms with Crippen molar-refractivity contribution in [1.29, 1.82) is 0 Å². The highest BCUT2D eigenvalue weighted by Crippen LogP contribution is 2.20. The van der Waals surface area contributed by atoms with Crippen molar-refractivity contribution in [2.24, 2.45) is 0 Å². The van der Waals surface area contributed by atoms with Crippen molar-refractivity contribution in [3.63, 3.8) is 0 Å². The van der Waals surface area contributed by atoms with Gasteiger partial charge in [0.15, 0.2) is 11.5 Å². The van der Waals surface area contributed by atoms with E-state index in [0.717, 1.165) is 11.3 Å². The Kier molecular flexibility index (Phi) is 3.58. The molecule has 4 heterocycles. The Bertz CT molecular complexity index is 905. The average molecular weight is 343 g/mol. The Balaban J connectivity index is 1.52. The van der Waals surface area contributed by atoms with Gasteiger partial charge in [-0.15, -0.1) is 10.2 Å². The Morgan fingerprint density at radius 1 is 1.38 bits per heavy atom. The molecular formula is C14H13N7O2S. The van der Waals surface area contributed by atoms with E-state index in [9.17, 15) is 9.59 Å². The van der Waals surface area contributed by atoms with Gasteiger partial charge in [-0.25, -0.2) is 4.79 Å². The van der Waals surface area contributed by atoms with Gasteiger partial charge in [0, 0.05) is 17.5 Å². The largest absolute Gasteiger partial charge is 0.347 e. The highest BCUT2D eigenvalue weighted by molar-refractivity contribution is 7.08. The zero-order chi connectivity index (χ0) is 16.5. The maximum atomic E-state index is 12.0. The molecule has 3 aromatic rings. The zero-order valence-corrected chi connectivity index (χ0v) is 13.2. The lowest BCUT2D eigenvalue weighted by molar-refractivity contribution is -0.122. The number of thiophene rings is 1. The van der Waals surface area contributed by atoms with Crippen LogP contribution in [-0.2, 0) is 11.3 Å². The van der Waals surface area contributed by atoms with Crippen LogP contribution in [0.4, 0.5) is 4.79 Å². The SMILES string of the molecule is O=C1NCC(C(=O)NCc2nnc3ccc(-c4ccsc4)nn23)N1. The third-order valence-corrected chi connectivity index (χ3v) is 4.34. The lowest BCUT2D eigenvalue weighted by Crippen LogP contribution is -2.42. The van der Waals surface area contributed by atoms with Crippen LogP contribution in [0.1, 0.15) is 5.82 Å². The number of rotatable bonds is 4. The van der Waals surface area contributed by atoms with Gasteiger partial charge in [0.1, 0.15) is 6.04 Å². The summed E-state index contributed by atoms with van der Waals surface area (Å²) in [5.41, 5.74) is 2.43. The summed E-state index contributed by atoms with van der Waals surface area (Å²) < 4.78 is 1.61. The number of fused-ring (bicyclic) bond motifs is 1. The van der Waals surface area contributed by atoms with Crippen molar-refractivity contribution < 1.29 is 9.59 Å². The van der Waals surface area contributed by atoms with Crippen LogP contribution in [0.5, 0.6) is 0 Å². The number of amides is 3. The van der Waals surface area contributed by atoms with E-state index in [0.29, 0.717) is 11.5 Å². The second kappa shape index (κ2) is 5.89. The minimum absolute atomic E-state index is 0.173. The van der Waals surface area contributed by atoms with Gasteiger partial charge in [-0.1, -0.05) is 0 Å². The van der Waals surface area contributed by atoms with Gasteiger partial charge in [-0.3, -0.25) is 4.79 Å². The second-order valence-corrected chi connectivity index (χ2v) is 6.02. The number of urea groups is 1. The molecule has 1 aliphatic heterocycles. The number of hydrogen-bond donors (Lipinski definition) is 3. The minimum atomic E-state index is -0.578. The number of aromatic nitrogens is 4. The molecule has 1 saturated heterocycles. The lowest BCUT2D eigenvalue weighted by atomic mass is 10.2. The Morgan fingerprint density at radius 3 is 3.04 bits per heavy atom. The molecular weight excluding hydrogens is 330 g/mol. The molecule has 0 bridgehead atoms. The van der Waals surface area contributed by atoms with Crippen molar-refractivity contribution >= 4 is 28.9 Å². The van der Waals surface area contributed by atoms with Crippen LogP contribution in [0.15, 0.2) is 29.0 Å². The molecule has 0 spiro atoms. The van der Waals surface area contributed by atoms with E-state index in [1.165, 1.54) is 0 Å². The summed E-state index contributed by atoms with van der Waals surface area (Å²) >= 11 is 1.60. The van der Waals surface area contributed by atoms with Crippen LogP contribution in [0.3, 0.4) is 0 Å². The summed E-state index contributed by atoms with van der Waals surface area (Å²) in [4.78, 5) is 23.1. The lowest BCUT2D eigenvalue weighted by Gasteiger charge is -2.08.